The molecule has 3 aromatic rings. The Bertz CT molecular complexity index is 905. The van der Waals surface area contributed by atoms with Gasteiger partial charge in [-0.15, -0.1) is 11.3 Å². The van der Waals surface area contributed by atoms with Gasteiger partial charge in [0.25, 0.3) is 5.91 Å². The Balaban J connectivity index is 1.65. The number of aryl methyl sites for hydroxylation is 1. The topological polar surface area (TPSA) is 73.2 Å². The van der Waals surface area contributed by atoms with Crippen LogP contribution >= 0.6 is 22.9 Å². The second kappa shape index (κ2) is 7.50. The average Bonchev–Trinajstić information content (AvgIpc) is 3.19. The number of carbonyl (C=O) groups excluding carboxylic acids is 2. The number of esters is 1. The molecule has 2 heterocycles. The number of thiophene rings is 1. The number of aromatic nitrogens is 2. The highest BCUT2D eigenvalue weighted by molar-refractivity contribution is 7.17. The molecule has 0 radical (unpaired) electrons. The Hall–Kier alpha value is -2.64. The van der Waals surface area contributed by atoms with Crippen molar-refractivity contribution in [2.75, 3.05) is 11.9 Å². The van der Waals surface area contributed by atoms with Crippen molar-refractivity contribution in [3.05, 3.63) is 63.4 Å². The number of anilines is 1. The van der Waals surface area contributed by atoms with E-state index in [9.17, 15) is 9.59 Å². The maximum Gasteiger partial charge on any atom is 0.348 e. The van der Waals surface area contributed by atoms with Gasteiger partial charge in [0.05, 0.1) is 15.7 Å². The first-order chi connectivity index (χ1) is 12.0. The molecular formula is C17H14ClN3O3S. The van der Waals surface area contributed by atoms with E-state index in [1.54, 1.807) is 22.9 Å². The first-order valence-corrected chi connectivity index (χ1v) is 8.57. The van der Waals surface area contributed by atoms with Crippen LogP contribution in [0, 0.1) is 6.92 Å². The van der Waals surface area contributed by atoms with E-state index >= 15 is 0 Å². The van der Waals surface area contributed by atoms with E-state index in [4.69, 9.17) is 16.3 Å². The number of para-hydroxylation sites is 1. The quantitative estimate of drug-likeness (QED) is 0.690. The molecule has 0 saturated carbocycles. The van der Waals surface area contributed by atoms with Crippen molar-refractivity contribution >= 4 is 40.6 Å². The molecule has 1 aromatic carbocycles. The van der Waals surface area contributed by atoms with Gasteiger partial charge in [-0.3, -0.25) is 4.79 Å². The van der Waals surface area contributed by atoms with Crippen LogP contribution in [0.4, 0.5) is 5.82 Å². The first-order valence-electron chi connectivity index (χ1n) is 7.37. The van der Waals surface area contributed by atoms with Gasteiger partial charge in [-0.2, -0.15) is 5.10 Å². The van der Waals surface area contributed by atoms with E-state index in [2.05, 4.69) is 10.4 Å². The maximum atomic E-state index is 12.1. The van der Waals surface area contributed by atoms with Gasteiger partial charge in [-0.25, -0.2) is 9.48 Å². The molecule has 0 aliphatic rings. The van der Waals surface area contributed by atoms with E-state index in [-0.39, 0.29) is 0 Å². The molecule has 25 heavy (non-hydrogen) atoms. The number of hydrogen-bond donors (Lipinski definition) is 1. The minimum atomic E-state index is -0.584. The van der Waals surface area contributed by atoms with Gasteiger partial charge in [-0.1, -0.05) is 29.8 Å². The zero-order chi connectivity index (χ0) is 17.8. The fraction of sp³-hybridized carbons (Fsp3) is 0.118. The summed E-state index contributed by atoms with van der Waals surface area (Å²) in [5.41, 5.74) is 1.57. The Kier molecular flexibility index (Phi) is 5.16. The lowest BCUT2D eigenvalue weighted by atomic mass is 10.3. The highest BCUT2D eigenvalue weighted by atomic mass is 35.5. The monoisotopic (exact) mass is 375 g/mol. The number of halogens is 1. The average molecular weight is 376 g/mol. The molecule has 2 aromatic heterocycles. The zero-order valence-electron chi connectivity index (χ0n) is 13.2. The second-order valence-corrected chi connectivity index (χ2v) is 6.86. The summed E-state index contributed by atoms with van der Waals surface area (Å²) in [6, 6.07) is 14.3. The summed E-state index contributed by atoms with van der Waals surface area (Å²) in [4.78, 5) is 24.3. The molecule has 1 amide bonds. The summed E-state index contributed by atoms with van der Waals surface area (Å²) in [6.45, 7) is 1.43. The molecule has 3 rings (SSSR count). The highest BCUT2D eigenvalue weighted by Gasteiger charge is 2.15. The van der Waals surface area contributed by atoms with Crippen LogP contribution in [0.15, 0.2) is 48.5 Å². The highest BCUT2D eigenvalue weighted by Crippen LogP contribution is 2.22. The predicted molar refractivity (Wildman–Crippen MR) is 96.5 cm³/mol. The number of nitrogens with zero attached hydrogens (tertiary/aromatic N) is 2. The molecule has 0 spiro atoms. The van der Waals surface area contributed by atoms with Gasteiger partial charge < -0.3 is 10.1 Å². The molecule has 0 saturated heterocycles. The molecule has 0 atom stereocenters. The van der Waals surface area contributed by atoms with Crippen LogP contribution in [0.1, 0.15) is 15.4 Å². The third kappa shape index (κ3) is 4.26. The van der Waals surface area contributed by atoms with Crippen LogP contribution in [-0.2, 0) is 9.53 Å². The van der Waals surface area contributed by atoms with Crippen LogP contribution in [0.25, 0.3) is 5.69 Å². The van der Waals surface area contributed by atoms with Crippen molar-refractivity contribution in [3.63, 3.8) is 0 Å². The molecule has 6 nitrogen and oxygen atoms in total. The van der Waals surface area contributed by atoms with E-state index < -0.39 is 18.5 Å². The Morgan fingerprint density at radius 3 is 2.68 bits per heavy atom. The first kappa shape index (κ1) is 17.2. The number of hydrogen-bond acceptors (Lipinski definition) is 5. The van der Waals surface area contributed by atoms with Crippen molar-refractivity contribution in [2.45, 2.75) is 6.92 Å². The van der Waals surface area contributed by atoms with E-state index in [0.717, 1.165) is 22.7 Å². The summed E-state index contributed by atoms with van der Waals surface area (Å²) in [5, 5.41) is 7.06. The van der Waals surface area contributed by atoms with Crippen LogP contribution in [0.5, 0.6) is 0 Å². The number of amides is 1. The van der Waals surface area contributed by atoms with Gasteiger partial charge in [0.15, 0.2) is 6.61 Å². The molecule has 128 valence electrons. The standard InChI is InChI=1S/C17H14ClN3O3S/c1-11-9-15(21(20-11)12-5-3-2-4-6-12)19-16(22)10-24-17(23)13-7-8-14(18)25-13/h2-9H,10H2,1H3,(H,19,22). The summed E-state index contributed by atoms with van der Waals surface area (Å²) in [7, 11) is 0. The smallest absolute Gasteiger partial charge is 0.348 e. The number of rotatable bonds is 5. The minimum absolute atomic E-state index is 0.350. The fourth-order valence-electron chi connectivity index (χ4n) is 2.16. The van der Waals surface area contributed by atoms with Gasteiger partial charge in [0, 0.05) is 6.07 Å². The van der Waals surface area contributed by atoms with Crippen LogP contribution in [0.2, 0.25) is 4.34 Å². The van der Waals surface area contributed by atoms with Crippen LogP contribution in [-0.4, -0.2) is 28.3 Å². The van der Waals surface area contributed by atoms with Gasteiger partial charge in [0.1, 0.15) is 10.7 Å². The van der Waals surface area contributed by atoms with Crippen LogP contribution in [0.3, 0.4) is 0 Å². The minimum Gasteiger partial charge on any atom is -0.451 e. The van der Waals surface area contributed by atoms with Gasteiger partial charge >= 0.3 is 5.97 Å². The van der Waals surface area contributed by atoms with Crippen molar-refractivity contribution in [1.82, 2.24) is 9.78 Å². The van der Waals surface area contributed by atoms with Crippen molar-refractivity contribution < 1.29 is 14.3 Å². The summed E-state index contributed by atoms with van der Waals surface area (Å²) in [6.07, 6.45) is 0. The Morgan fingerprint density at radius 2 is 2.00 bits per heavy atom. The van der Waals surface area contributed by atoms with Crippen molar-refractivity contribution in [1.29, 1.82) is 0 Å². The largest absolute Gasteiger partial charge is 0.451 e. The second-order valence-electron chi connectivity index (χ2n) is 5.15. The molecule has 0 aliphatic heterocycles. The molecule has 8 heteroatoms. The molecule has 0 unspecified atom stereocenters. The predicted octanol–water partition coefficient (Wildman–Crippen LogP) is 3.69. The summed E-state index contributed by atoms with van der Waals surface area (Å²) in [5.74, 6) is -0.531. The lowest BCUT2D eigenvalue weighted by Gasteiger charge is -2.09. The zero-order valence-corrected chi connectivity index (χ0v) is 14.8. The summed E-state index contributed by atoms with van der Waals surface area (Å²) >= 11 is 6.87. The third-order valence-electron chi connectivity index (χ3n) is 3.21. The van der Waals surface area contributed by atoms with E-state index in [0.29, 0.717) is 15.0 Å². The number of carbonyl (C=O) groups is 2. The Morgan fingerprint density at radius 1 is 1.24 bits per heavy atom. The van der Waals surface area contributed by atoms with E-state index in [1.807, 2.05) is 37.3 Å². The normalized spacial score (nSPS) is 10.5. The van der Waals surface area contributed by atoms with Crippen molar-refractivity contribution in [2.24, 2.45) is 0 Å². The van der Waals surface area contributed by atoms with Gasteiger partial charge in [-0.05, 0) is 31.2 Å². The molecule has 0 bridgehead atoms. The molecule has 0 aliphatic carbocycles. The third-order valence-corrected chi connectivity index (χ3v) is 4.42. The number of benzene rings is 1. The van der Waals surface area contributed by atoms with Crippen LogP contribution < -0.4 is 5.32 Å². The maximum absolute atomic E-state index is 12.1. The lowest BCUT2D eigenvalue weighted by Crippen LogP contribution is -2.22. The van der Waals surface area contributed by atoms with Crippen molar-refractivity contribution in [3.8, 4) is 5.69 Å². The molecular weight excluding hydrogens is 362 g/mol. The SMILES string of the molecule is Cc1cc(NC(=O)COC(=O)c2ccc(Cl)s2)n(-c2ccccc2)n1. The molecule has 1 N–H and O–H groups in total. The number of nitrogens with one attached hydrogen (secondary N) is 1. The number of ether oxygens (including phenoxy) is 1. The molecule has 0 fully saturated rings. The fourth-order valence-corrected chi connectivity index (χ4v) is 3.10. The Labute approximate surface area is 153 Å². The van der Waals surface area contributed by atoms with Gasteiger partial charge in [0.2, 0.25) is 0 Å². The van der Waals surface area contributed by atoms with E-state index in [1.165, 1.54) is 0 Å². The lowest BCUT2D eigenvalue weighted by molar-refractivity contribution is -0.119. The summed E-state index contributed by atoms with van der Waals surface area (Å²) < 4.78 is 7.10.